The fourth-order valence-corrected chi connectivity index (χ4v) is 8.93. The maximum Gasteiger partial charge on any atom is 0.0569 e. The normalized spacial score (nSPS) is 45.7. The van der Waals surface area contributed by atoms with Gasteiger partial charge < -0.3 is 5.11 Å². The highest BCUT2D eigenvalue weighted by Gasteiger charge is 2.56. The van der Waals surface area contributed by atoms with Gasteiger partial charge in [-0.3, -0.25) is 0 Å². The molecule has 1 heteroatoms. The van der Waals surface area contributed by atoms with Crippen LogP contribution in [0.1, 0.15) is 112 Å². The SMILES string of the molecule is CC(C)CCCC(C)C1CCC2C3=C(CCC21C)C1(C)CCC(O)C(C)C1CC3. The molecule has 29 heavy (non-hydrogen) atoms. The van der Waals surface area contributed by atoms with E-state index in [4.69, 9.17) is 0 Å². The maximum absolute atomic E-state index is 10.5. The summed E-state index contributed by atoms with van der Waals surface area (Å²) in [7, 11) is 0. The minimum atomic E-state index is -0.0633. The predicted molar refractivity (Wildman–Crippen MR) is 124 cm³/mol. The molecule has 4 aliphatic rings. The third-order valence-electron chi connectivity index (χ3n) is 10.7. The summed E-state index contributed by atoms with van der Waals surface area (Å²) < 4.78 is 0. The van der Waals surface area contributed by atoms with Crippen molar-refractivity contribution in [3.05, 3.63) is 11.1 Å². The molecule has 4 rings (SSSR count). The molecular formula is C28H48O. The summed E-state index contributed by atoms with van der Waals surface area (Å²) in [5.74, 6) is 4.73. The molecule has 2 fully saturated rings. The third-order valence-corrected chi connectivity index (χ3v) is 10.7. The van der Waals surface area contributed by atoms with E-state index in [-0.39, 0.29) is 6.10 Å². The molecule has 0 radical (unpaired) electrons. The second kappa shape index (κ2) is 7.99. The summed E-state index contributed by atoms with van der Waals surface area (Å²) in [6, 6.07) is 0. The second-order valence-electron chi connectivity index (χ2n) is 12.6. The van der Waals surface area contributed by atoms with Crippen LogP contribution in [0, 0.1) is 46.3 Å². The number of hydrogen-bond donors (Lipinski definition) is 1. The molecule has 1 nitrogen and oxygen atoms in total. The molecule has 8 unspecified atom stereocenters. The average molecular weight is 401 g/mol. The number of fused-ring (bicyclic) bond motifs is 4. The van der Waals surface area contributed by atoms with E-state index < -0.39 is 0 Å². The van der Waals surface area contributed by atoms with Gasteiger partial charge in [0.1, 0.15) is 0 Å². The Kier molecular flexibility index (Phi) is 6.04. The molecule has 0 saturated heterocycles. The monoisotopic (exact) mass is 400 g/mol. The van der Waals surface area contributed by atoms with Crippen molar-refractivity contribution in [1.82, 2.24) is 0 Å². The van der Waals surface area contributed by atoms with Crippen molar-refractivity contribution < 1.29 is 5.11 Å². The first-order chi connectivity index (χ1) is 13.7. The molecule has 0 aromatic heterocycles. The van der Waals surface area contributed by atoms with E-state index in [1.807, 2.05) is 11.1 Å². The number of rotatable bonds is 5. The Balaban J connectivity index is 1.54. The standard InChI is InChI=1S/C28H48O/c1-18(2)8-7-9-19(3)22-12-13-24-21-10-11-23-20(4)26(29)15-17-28(23,6)25(21)14-16-27(22,24)5/h18-20,22-24,26,29H,7-17H2,1-6H3. The predicted octanol–water partition coefficient (Wildman–Crippen LogP) is 7.78. The molecule has 0 spiro atoms. The van der Waals surface area contributed by atoms with Crippen LogP contribution >= 0.6 is 0 Å². The summed E-state index contributed by atoms with van der Waals surface area (Å²) in [5, 5.41) is 10.5. The summed E-state index contributed by atoms with van der Waals surface area (Å²) >= 11 is 0. The Morgan fingerprint density at radius 2 is 1.72 bits per heavy atom. The van der Waals surface area contributed by atoms with Crippen LogP contribution in [0.5, 0.6) is 0 Å². The van der Waals surface area contributed by atoms with Crippen LogP contribution < -0.4 is 0 Å². The van der Waals surface area contributed by atoms with Gasteiger partial charge in [0.05, 0.1) is 6.10 Å². The van der Waals surface area contributed by atoms with E-state index in [2.05, 4.69) is 41.5 Å². The molecule has 166 valence electrons. The Labute approximate surface area is 181 Å². The second-order valence-corrected chi connectivity index (χ2v) is 12.6. The van der Waals surface area contributed by atoms with Crippen molar-refractivity contribution in [2.24, 2.45) is 46.3 Å². The van der Waals surface area contributed by atoms with Crippen LogP contribution in [0.25, 0.3) is 0 Å². The summed E-state index contributed by atoms with van der Waals surface area (Å²) in [4.78, 5) is 0. The first kappa shape index (κ1) is 21.9. The Morgan fingerprint density at radius 1 is 0.966 bits per heavy atom. The van der Waals surface area contributed by atoms with Gasteiger partial charge in [-0.05, 0) is 97.7 Å². The lowest BCUT2D eigenvalue weighted by Crippen LogP contribution is -2.49. The van der Waals surface area contributed by atoms with Crippen LogP contribution in [0.2, 0.25) is 0 Å². The van der Waals surface area contributed by atoms with Gasteiger partial charge in [-0.2, -0.15) is 0 Å². The van der Waals surface area contributed by atoms with E-state index in [1.165, 1.54) is 64.2 Å². The minimum absolute atomic E-state index is 0.0633. The van der Waals surface area contributed by atoms with Crippen LogP contribution in [-0.2, 0) is 0 Å². The Morgan fingerprint density at radius 3 is 2.45 bits per heavy atom. The number of aliphatic hydroxyl groups is 1. The van der Waals surface area contributed by atoms with E-state index in [0.29, 0.717) is 22.7 Å². The van der Waals surface area contributed by atoms with Crippen molar-refractivity contribution in [1.29, 1.82) is 0 Å². The van der Waals surface area contributed by atoms with E-state index >= 15 is 0 Å². The Bertz CT molecular complexity index is 632. The van der Waals surface area contributed by atoms with Crippen molar-refractivity contribution in [3.8, 4) is 0 Å². The zero-order chi connectivity index (χ0) is 21.0. The topological polar surface area (TPSA) is 20.2 Å². The molecule has 0 aromatic carbocycles. The quantitative estimate of drug-likeness (QED) is 0.467. The highest BCUT2D eigenvalue weighted by atomic mass is 16.3. The molecule has 2 saturated carbocycles. The van der Waals surface area contributed by atoms with Crippen LogP contribution in [-0.4, -0.2) is 11.2 Å². The highest BCUT2D eigenvalue weighted by molar-refractivity contribution is 5.34. The smallest absolute Gasteiger partial charge is 0.0569 e. The van der Waals surface area contributed by atoms with Crippen molar-refractivity contribution >= 4 is 0 Å². The zero-order valence-corrected chi connectivity index (χ0v) is 20.3. The molecule has 0 heterocycles. The lowest BCUT2D eigenvalue weighted by molar-refractivity contribution is -0.0336. The van der Waals surface area contributed by atoms with Crippen molar-refractivity contribution in [3.63, 3.8) is 0 Å². The summed E-state index contributed by atoms with van der Waals surface area (Å²) in [5.41, 5.74) is 4.73. The van der Waals surface area contributed by atoms with Crippen molar-refractivity contribution in [2.45, 2.75) is 118 Å². The van der Waals surface area contributed by atoms with Crippen LogP contribution in [0.4, 0.5) is 0 Å². The van der Waals surface area contributed by atoms with Gasteiger partial charge in [-0.25, -0.2) is 0 Å². The van der Waals surface area contributed by atoms with Crippen LogP contribution in [0.15, 0.2) is 11.1 Å². The molecule has 0 amide bonds. The van der Waals surface area contributed by atoms with E-state index in [1.54, 1.807) is 0 Å². The van der Waals surface area contributed by atoms with Crippen molar-refractivity contribution in [2.75, 3.05) is 0 Å². The lowest BCUT2D eigenvalue weighted by Gasteiger charge is -2.56. The maximum atomic E-state index is 10.5. The fourth-order valence-electron chi connectivity index (χ4n) is 8.93. The van der Waals surface area contributed by atoms with Gasteiger partial charge in [-0.15, -0.1) is 0 Å². The average Bonchev–Trinajstić information content (AvgIpc) is 3.02. The van der Waals surface area contributed by atoms with Gasteiger partial charge in [-0.1, -0.05) is 72.0 Å². The fraction of sp³-hybridized carbons (Fsp3) is 0.929. The molecule has 4 aliphatic carbocycles. The minimum Gasteiger partial charge on any atom is -0.393 e. The molecule has 1 N–H and O–H groups in total. The highest BCUT2D eigenvalue weighted by Crippen LogP contribution is 2.66. The van der Waals surface area contributed by atoms with E-state index in [0.717, 1.165) is 30.1 Å². The molecule has 0 aliphatic heterocycles. The number of aliphatic hydroxyl groups excluding tert-OH is 1. The van der Waals surface area contributed by atoms with Crippen LogP contribution in [0.3, 0.4) is 0 Å². The van der Waals surface area contributed by atoms with Gasteiger partial charge in [0.15, 0.2) is 0 Å². The summed E-state index contributed by atoms with van der Waals surface area (Å²) in [6.07, 6.45) is 14.8. The first-order valence-electron chi connectivity index (χ1n) is 13.1. The lowest BCUT2D eigenvalue weighted by atomic mass is 9.49. The zero-order valence-electron chi connectivity index (χ0n) is 20.3. The molecule has 8 atom stereocenters. The number of hydrogen-bond acceptors (Lipinski definition) is 1. The number of allylic oxidation sites excluding steroid dienone is 2. The molecule has 0 bridgehead atoms. The van der Waals surface area contributed by atoms with Gasteiger partial charge in [0, 0.05) is 0 Å². The molecular weight excluding hydrogens is 352 g/mol. The molecule has 0 aromatic rings. The van der Waals surface area contributed by atoms with Gasteiger partial charge in [0.25, 0.3) is 0 Å². The summed E-state index contributed by atoms with van der Waals surface area (Å²) in [6.45, 7) is 14.9. The van der Waals surface area contributed by atoms with Gasteiger partial charge >= 0.3 is 0 Å². The van der Waals surface area contributed by atoms with Gasteiger partial charge in [0.2, 0.25) is 0 Å². The first-order valence-corrected chi connectivity index (χ1v) is 13.1. The van der Waals surface area contributed by atoms with E-state index in [9.17, 15) is 5.11 Å². The Hall–Kier alpha value is -0.300. The largest absolute Gasteiger partial charge is 0.393 e. The third kappa shape index (κ3) is 3.56.